The van der Waals surface area contributed by atoms with Gasteiger partial charge in [0.05, 0.1) is 12.2 Å². The molecule has 0 spiro atoms. The van der Waals surface area contributed by atoms with Crippen LogP contribution in [0.4, 0.5) is 0 Å². The van der Waals surface area contributed by atoms with Crippen LogP contribution >= 0.6 is 0 Å². The van der Waals surface area contributed by atoms with E-state index in [1.165, 1.54) is 0 Å². The summed E-state index contributed by atoms with van der Waals surface area (Å²) in [6.07, 6.45) is 2.15. The van der Waals surface area contributed by atoms with Crippen molar-refractivity contribution in [3.05, 3.63) is 0 Å². The fourth-order valence-corrected chi connectivity index (χ4v) is 1.76. The first-order chi connectivity index (χ1) is 4.66. The molecule has 10 heavy (non-hydrogen) atoms. The zero-order valence-corrected chi connectivity index (χ0v) is 7.42. The molecule has 0 aromatic heterocycles. The van der Waals surface area contributed by atoms with E-state index in [2.05, 4.69) is 27.7 Å². The minimum Gasteiger partial charge on any atom is -0.375 e. The standard InChI is InChI=1S/C9H18O/c1-5-9-7(3)6(2)8(4)10-9/h6-9H,5H2,1-4H3/t6?,7?,8?,9-/m0/s1. The van der Waals surface area contributed by atoms with Crippen LogP contribution in [0.2, 0.25) is 0 Å². The molecule has 1 saturated heterocycles. The van der Waals surface area contributed by atoms with Gasteiger partial charge in [-0.15, -0.1) is 0 Å². The van der Waals surface area contributed by atoms with Gasteiger partial charge in [-0.3, -0.25) is 0 Å². The van der Waals surface area contributed by atoms with Crippen LogP contribution in [0.25, 0.3) is 0 Å². The molecule has 1 aliphatic rings. The average molecular weight is 142 g/mol. The van der Waals surface area contributed by atoms with Crippen molar-refractivity contribution >= 4 is 0 Å². The van der Waals surface area contributed by atoms with Gasteiger partial charge in [0, 0.05) is 0 Å². The smallest absolute Gasteiger partial charge is 0.0605 e. The van der Waals surface area contributed by atoms with Gasteiger partial charge in [-0.05, 0) is 25.2 Å². The molecule has 0 radical (unpaired) electrons. The van der Waals surface area contributed by atoms with Gasteiger partial charge in [0.2, 0.25) is 0 Å². The van der Waals surface area contributed by atoms with E-state index in [9.17, 15) is 0 Å². The largest absolute Gasteiger partial charge is 0.375 e. The van der Waals surface area contributed by atoms with Gasteiger partial charge in [-0.1, -0.05) is 20.8 Å². The first-order valence-corrected chi connectivity index (χ1v) is 4.32. The number of rotatable bonds is 1. The lowest BCUT2D eigenvalue weighted by molar-refractivity contribution is 0.0393. The number of ether oxygens (including phenoxy) is 1. The molecule has 1 heteroatoms. The Labute approximate surface area is 63.8 Å². The highest BCUT2D eigenvalue weighted by molar-refractivity contribution is 4.82. The van der Waals surface area contributed by atoms with Crippen LogP contribution in [-0.2, 0) is 4.74 Å². The molecule has 3 unspecified atom stereocenters. The maximum atomic E-state index is 5.73. The highest BCUT2D eigenvalue weighted by Crippen LogP contribution is 2.32. The number of hydrogen-bond donors (Lipinski definition) is 0. The zero-order chi connectivity index (χ0) is 7.72. The quantitative estimate of drug-likeness (QED) is 0.546. The zero-order valence-electron chi connectivity index (χ0n) is 7.42. The summed E-state index contributed by atoms with van der Waals surface area (Å²) in [6, 6.07) is 0. The molecular weight excluding hydrogens is 124 g/mol. The molecule has 0 aliphatic carbocycles. The van der Waals surface area contributed by atoms with E-state index in [0.29, 0.717) is 12.2 Å². The molecule has 0 bridgehead atoms. The van der Waals surface area contributed by atoms with Crippen molar-refractivity contribution in [1.82, 2.24) is 0 Å². The summed E-state index contributed by atoms with van der Waals surface area (Å²) in [5.41, 5.74) is 0. The Morgan fingerprint density at radius 1 is 1.10 bits per heavy atom. The molecule has 1 rings (SSSR count). The Bertz CT molecular complexity index is 111. The number of hydrogen-bond acceptors (Lipinski definition) is 1. The van der Waals surface area contributed by atoms with Crippen molar-refractivity contribution in [3.63, 3.8) is 0 Å². The molecule has 4 atom stereocenters. The fourth-order valence-electron chi connectivity index (χ4n) is 1.76. The first kappa shape index (κ1) is 8.06. The second-order valence-electron chi connectivity index (χ2n) is 3.51. The van der Waals surface area contributed by atoms with E-state index < -0.39 is 0 Å². The Balaban J connectivity index is 2.53. The fraction of sp³-hybridized carbons (Fsp3) is 1.00. The van der Waals surface area contributed by atoms with Gasteiger partial charge in [0.15, 0.2) is 0 Å². The predicted octanol–water partition coefficient (Wildman–Crippen LogP) is 2.46. The Morgan fingerprint density at radius 2 is 1.70 bits per heavy atom. The normalized spacial score (nSPS) is 48.0. The van der Waals surface area contributed by atoms with E-state index in [1.54, 1.807) is 0 Å². The molecule has 1 aliphatic heterocycles. The van der Waals surface area contributed by atoms with E-state index in [0.717, 1.165) is 18.3 Å². The van der Waals surface area contributed by atoms with Crippen molar-refractivity contribution in [3.8, 4) is 0 Å². The molecule has 1 nitrogen and oxygen atoms in total. The predicted molar refractivity (Wildman–Crippen MR) is 43.0 cm³/mol. The Kier molecular flexibility index (Phi) is 2.35. The minimum atomic E-state index is 0.472. The molecule has 0 aromatic rings. The van der Waals surface area contributed by atoms with Crippen molar-refractivity contribution in [2.24, 2.45) is 11.8 Å². The van der Waals surface area contributed by atoms with Crippen molar-refractivity contribution in [2.75, 3.05) is 0 Å². The lowest BCUT2D eigenvalue weighted by atomic mass is 9.90. The highest BCUT2D eigenvalue weighted by Gasteiger charge is 2.34. The van der Waals surface area contributed by atoms with Crippen molar-refractivity contribution < 1.29 is 4.74 Å². The Hall–Kier alpha value is -0.0400. The molecule has 1 heterocycles. The van der Waals surface area contributed by atoms with Crippen LogP contribution in [0.1, 0.15) is 34.1 Å². The van der Waals surface area contributed by atoms with Gasteiger partial charge in [-0.2, -0.15) is 0 Å². The second kappa shape index (κ2) is 2.91. The van der Waals surface area contributed by atoms with Gasteiger partial charge in [-0.25, -0.2) is 0 Å². The van der Waals surface area contributed by atoms with Crippen LogP contribution in [0, 0.1) is 11.8 Å². The van der Waals surface area contributed by atoms with Gasteiger partial charge >= 0.3 is 0 Å². The SMILES string of the molecule is CC[C@@H]1OC(C)C(C)C1C. The maximum Gasteiger partial charge on any atom is 0.0605 e. The van der Waals surface area contributed by atoms with E-state index in [4.69, 9.17) is 4.74 Å². The van der Waals surface area contributed by atoms with Crippen LogP contribution in [0.3, 0.4) is 0 Å². The summed E-state index contributed by atoms with van der Waals surface area (Å²) >= 11 is 0. The lowest BCUT2D eigenvalue weighted by Gasteiger charge is -2.12. The van der Waals surface area contributed by atoms with Crippen LogP contribution in [-0.4, -0.2) is 12.2 Å². The van der Waals surface area contributed by atoms with Crippen molar-refractivity contribution in [2.45, 2.75) is 46.3 Å². The topological polar surface area (TPSA) is 9.23 Å². The monoisotopic (exact) mass is 142 g/mol. The summed E-state index contributed by atoms with van der Waals surface area (Å²) in [4.78, 5) is 0. The van der Waals surface area contributed by atoms with E-state index in [-0.39, 0.29) is 0 Å². The summed E-state index contributed by atoms with van der Waals surface area (Å²) in [5.74, 6) is 1.49. The highest BCUT2D eigenvalue weighted by atomic mass is 16.5. The molecule has 1 fully saturated rings. The molecule has 0 amide bonds. The van der Waals surface area contributed by atoms with Crippen LogP contribution < -0.4 is 0 Å². The lowest BCUT2D eigenvalue weighted by Crippen LogP contribution is -2.14. The molecule has 60 valence electrons. The third-order valence-corrected chi connectivity index (χ3v) is 2.95. The third-order valence-electron chi connectivity index (χ3n) is 2.95. The average Bonchev–Trinajstić information content (AvgIpc) is 2.17. The van der Waals surface area contributed by atoms with Gasteiger partial charge in [0.1, 0.15) is 0 Å². The Morgan fingerprint density at radius 3 is 1.90 bits per heavy atom. The molecule has 0 aromatic carbocycles. The first-order valence-electron chi connectivity index (χ1n) is 4.32. The molecule has 0 saturated carbocycles. The second-order valence-corrected chi connectivity index (χ2v) is 3.51. The van der Waals surface area contributed by atoms with E-state index >= 15 is 0 Å². The van der Waals surface area contributed by atoms with Gasteiger partial charge in [0.25, 0.3) is 0 Å². The summed E-state index contributed by atoms with van der Waals surface area (Å²) in [5, 5.41) is 0. The summed E-state index contributed by atoms with van der Waals surface area (Å²) in [7, 11) is 0. The van der Waals surface area contributed by atoms with E-state index in [1.807, 2.05) is 0 Å². The molecule has 0 N–H and O–H groups in total. The maximum absolute atomic E-state index is 5.73. The van der Waals surface area contributed by atoms with Crippen LogP contribution in [0.15, 0.2) is 0 Å². The summed E-state index contributed by atoms with van der Waals surface area (Å²) in [6.45, 7) is 8.95. The summed E-state index contributed by atoms with van der Waals surface area (Å²) < 4.78 is 5.73. The molecular formula is C9H18O. The van der Waals surface area contributed by atoms with Crippen molar-refractivity contribution in [1.29, 1.82) is 0 Å². The van der Waals surface area contributed by atoms with Crippen LogP contribution in [0.5, 0.6) is 0 Å². The minimum absolute atomic E-state index is 0.472. The third kappa shape index (κ3) is 1.20. The van der Waals surface area contributed by atoms with Gasteiger partial charge < -0.3 is 4.74 Å².